The maximum absolute atomic E-state index is 12.9. The first kappa shape index (κ1) is 22.8. The van der Waals surface area contributed by atoms with Gasteiger partial charge in [-0.3, -0.25) is 24.5 Å². The first-order chi connectivity index (χ1) is 17.5. The lowest BCUT2D eigenvalue weighted by molar-refractivity contribution is -0.136. The highest BCUT2D eigenvalue weighted by atomic mass is 16.5. The van der Waals surface area contributed by atoms with E-state index in [-0.39, 0.29) is 42.5 Å². The summed E-state index contributed by atoms with van der Waals surface area (Å²) in [6, 6.07) is 4.57. The average molecular weight is 493 g/mol. The Bertz CT molecular complexity index is 1240. The largest absolute Gasteiger partial charge is 0.373 e. The predicted octanol–water partition coefficient (Wildman–Crippen LogP) is 1.11. The van der Waals surface area contributed by atoms with Crippen LogP contribution >= 0.6 is 0 Å². The summed E-state index contributed by atoms with van der Waals surface area (Å²) in [5.41, 5.74) is 2.12. The summed E-state index contributed by atoms with van der Waals surface area (Å²) >= 11 is 0. The number of carbonyl (C=O) groups is 4. The zero-order chi connectivity index (χ0) is 24.8. The Morgan fingerprint density at radius 1 is 1.14 bits per heavy atom. The molecule has 1 aromatic carbocycles. The third-order valence-corrected chi connectivity index (χ3v) is 7.80. The zero-order valence-corrected chi connectivity index (χ0v) is 19.8. The number of imide groups is 1. The fourth-order valence-corrected chi connectivity index (χ4v) is 5.87. The van der Waals surface area contributed by atoms with Crippen LogP contribution in [0.5, 0.6) is 0 Å². The van der Waals surface area contributed by atoms with E-state index in [0.717, 1.165) is 24.8 Å². The molecule has 0 spiro atoms. The van der Waals surface area contributed by atoms with Crippen LogP contribution in [0.2, 0.25) is 0 Å². The van der Waals surface area contributed by atoms with E-state index in [0.29, 0.717) is 36.2 Å². The first-order valence-electron chi connectivity index (χ1n) is 12.6. The van der Waals surface area contributed by atoms with Crippen LogP contribution in [-0.4, -0.2) is 68.3 Å². The molecular formula is C25H28N6O5. The van der Waals surface area contributed by atoms with E-state index in [9.17, 15) is 19.2 Å². The number of piperidine rings is 1. The van der Waals surface area contributed by atoms with E-state index >= 15 is 0 Å². The number of nitrogens with one attached hydrogen (secondary N) is 2. The molecule has 1 aliphatic carbocycles. The van der Waals surface area contributed by atoms with Gasteiger partial charge in [-0.15, -0.1) is 5.10 Å². The van der Waals surface area contributed by atoms with Crippen molar-refractivity contribution in [2.75, 3.05) is 6.54 Å². The van der Waals surface area contributed by atoms with Crippen LogP contribution < -0.4 is 10.6 Å². The van der Waals surface area contributed by atoms with Crippen molar-refractivity contribution in [1.82, 2.24) is 30.5 Å². The Hall–Kier alpha value is -3.60. The fourth-order valence-electron chi connectivity index (χ4n) is 5.87. The van der Waals surface area contributed by atoms with Crippen molar-refractivity contribution >= 4 is 23.6 Å². The van der Waals surface area contributed by atoms with Gasteiger partial charge in [0, 0.05) is 25.1 Å². The Morgan fingerprint density at radius 2 is 2.03 bits per heavy atom. The summed E-state index contributed by atoms with van der Waals surface area (Å²) in [7, 11) is 0. The van der Waals surface area contributed by atoms with E-state index in [1.54, 1.807) is 18.3 Å². The normalized spacial score (nSPS) is 27.6. The molecule has 2 N–H and O–H groups in total. The number of hydrogen-bond donors (Lipinski definition) is 2. The quantitative estimate of drug-likeness (QED) is 0.597. The summed E-state index contributed by atoms with van der Waals surface area (Å²) in [5.74, 6) is -0.628. The smallest absolute Gasteiger partial charge is 0.273 e. The van der Waals surface area contributed by atoms with Gasteiger partial charge in [-0.05, 0) is 61.8 Å². The molecule has 3 fully saturated rings. The number of ether oxygens (including phenoxy) is 1. The molecule has 0 radical (unpaired) electrons. The highest BCUT2D eigenvalue weighted by molar-refractivity contribution is 6.05. The minimum Gasteiger partial charge on any atom is -0.373 e. The average Bonchev–Trinajstić information content (AvgIpc) is 3.61. The molecule has 3 aliphatic heterocycles. The molecule has 4 aliphatic rings. The standard InChI is InChI=1S/C25H28N6O5/c32-22-9-8-20(24(34)27-22)30-12-15-10-16(5-7-18(15)25(30)35)31-13-19(28-29-31)23(33)26-11-17-6-4-14-2-1-3-21(14)36-17/h5,7,10,13-14,17,20-21H,1-4,6,8-9,11-12H2,(H,26,33)(H,27,32,34). The molecule has 1 saturated carbocycles. The first-order valence-corrected chi connectivity index (χ1v) is 12.6. The van der Waals surface area contributed by atoms with Gasteiger partial charge in [0.2, 0.25) is 11.8 Å². The van der Waals surface area contributed by atoms with Gasteiger partial charge in [-0.1, -0.05) is 11.6 Å². The Kier molecular flexibility index (Phi) is 5.79. The Labute approximate surface area is 207 Å². The van der Waals surface area contributed by atoms with Crippen molar-refractivity contribution in [1.29, 1.82) is 0 Å². The third-order valence-electron chi connectivity index (χ3n) is 7.80. The van der Waals surface area contributed by atoms with Crippen molar-refractivity contribution in [3.05, 3.63) is 41.2 Å². The number of hydrogen-bond acceptors (Lipinski definition) is 7. The van der Waals surface area contributed by atoms with E-state index < -0.39 is 11.9 Å². The van der Waals surface area contributed by atoms with Crippen LogP contribution in [0.15, 0.2) is 24.4 Å². The molecule has 4 unspecified atom stereocenters. The van der Waals surface area contributed by atoms with Crippen LogP contribution in [0.25, 0.3) is 5.69 Å². The van der Waals surface area contributed by atoms with Gasteiger partial charge in [0.15, 0.2) is 5.69 Å². The van der Waals surface area contributed by atoms with Gasteiger partial charge in [0.1, 0.15) is 6.04 Å². The number of fused-ring (bicyclic) bond motifs is 2. The molecule has 188 valence electrons. The van der Waals surface area contributed by atoms with Crippen LogP contribution in [0.1, 0.15) is 71.4 Å². The van der Waals surface area contributed by atoms with Crippen LogP contribution in [0.4, 0.5) is 0 Å². The maximum atomic E-state index is 12.9. The van der Waals surface area contributed by atoms with Crippen molar-refractivity contribution in [3.8, 4) is 5.69 Å². The maximum Gasteiger partial charge on any atom is 0.273 e. The lowest BCUT2D eigenvalue weighted by atomic mass is 9.94. The number of aromatic nitrogens is 3. The lowest BCUT2D eigenvalue weighted by Crippen LogP contribution is -2.52. The number of nitrogens with zero attached hydrogens (tertiary/aromatic N) is 4. The Balaban J connectivity index is 1.10. The second-order valence-electron chi connectivity index (χ2n) is 10.1. The summed E-state index contributed by atoms with van der Waals surface area (Å²) in [4.78, 5) is 50.8. The minimum atomic E-state index is -0.666. The van der Waals surface area contributed by atoms with Crippen molar-refractivity contribution in [2.45, 2.75) is 69.7 Å². The number of benzene rings is 1. The number of amides is 4. The fraction of sp³-hybridized carbons (Fsp3) is 0.520. The molecule has 4 heterocycles. The zero-order valence-electron chi connectivity index (χ0n) is 19.8. The number of rotatable bonds is 5. The minimum absolute atomic E-state index is 0.0323. The summed E-state index contributed by atoms with van der Waals surface area (Å²) in [5, 5.41) is 13.3. The second kappa shape index (κ2) is 9.12. The van der Waals surface area contributed by atoms with E-state index in [1.165, 1.54) is 22.4 Å². The summed E-state index contributed by atoms with van der Waals surface area (Å²) < 4.78 is 7.65. The molecular weight excluding hydrogens is 464 g/mol. The topological polar surface area (TPSA) is 136 Å². The molecule has 0 bridgehead atoms. The van der Waals surface area contributed by atoms with Crippen molar-refractivity contribution < 1.29 is 23.9 Å². The summed E-state index contributed by atoms with van der Waals surface area (Å²) in [6.07, 6.45) is 8.14. The van der Waals surface area contributed by atoms with Gasteiger partial charge in [-0.25, -0.2) is 4.68 Å². The van der Waals surface area contributed by atoms with Gasteiger partial charge in [-0.2, -0.15) is 0 Å². The van der Waals surface area contributed by atoms with Crippen LogP contribution in [0, 0.1) is 5.92 Å². The highest BCUT2D eigenvalue weighted by Gasteiger charge is 2.39. The van der Waals surface area contributed by atoms with E-state index in [4.69, 9.17) is 4.74 Å². The molecule has 2 saturated heterocycles. The molecule has 11 heteroatoms. The molecule has 36 heavy (non-hydrogen) atoms. The monoisotopic (exact) mass is 492 g/mol. The molecule has 11 nitrogen and oxygen atoms in total. The van der Waals surface area contributed by atoms with Gasteiger partial charge in [0.25, 0.3) is 11.8 Å². The molecule has 6 rings (SSSR count). The molecule has 4 amide bonds. The van der Waals surface area contributed by atoms with Gasteiger partial charge >= 0.3 is 0 Å². The van der Waals surface area contributed by atoms with Crippen molar-refractivity contribution in [2.24, 2.45) is 5.92 Å². The molecule has 2 aromatic rings. The van der Waals surface area contributed by atoms with Crippen LogP contribution in [0.3, 0.4) is 0 Å². The second-order valence-corrected chi connectivity index (χ2v) is 10.1. The molecule has 4 atom stereocenters. The van der Waals surface area contributed by atoms with E-state index in [1.807, 2.05) is 6.07 Å². The van der Waals surface area contributed by atoms with Gasteiger partial charge in [0.05, 0.1) is 24.1 Å². The molecule has 1 aromatic heterocycles. The predicted molar refractivity (Wildman–Crippen MR) is 125 cm³/mol. The highest BCUT2D eigenvalue weighted by Crippen LogP contribution is 2.37. The van der Waals surface area contributed by atoms with Crippen molar-refractivity contribution in [3.63, 3.8) is 0 Å². The third kappa shape index (κ3) is 4.17. The van der Waals surface area contributed by atoms with E-state index in [2.05, 4.69) is 20.9 Å². The number of carbonyl (C=O) groups excluding carboxylic acids is 4. The Morgan fingerprint density at radius 3 is 2.89 bits per heavy atom. The van der Waals surface area contributed by atoms with Gasteiger partial charge < -0.3 is 15.0 Å². The lowest BCUT2D eigenvalue weighted by Gasteiger charge is -2.32. The van der Waals surface area contributed by atoms with Crippen LogP contribution in [-0.2, 0) is 20.9 Å². The summed E-state index contributed by atoms with van der Waals surface area (Å²) in [6.45, 7) is 0.714. The SMILES string of the molecule is O=C1CCC(N2Cc3cc(-n4cc(C(=O)NCC5CCC6CCCC6O5)nn4)ccc3C2=O)C(=O)N1.